The average Bonchev–Trinajstić information content (AvgIpc) is 2.39. The van der Waals surface area contributed by atoms with Gasteiger partial charge in [-0.25, -0.2) is 0 Å². The molecule has 0 amide bonds. The van der Waals surface area contributed by atoms with Crippen molar-refractivity contribution in [2.24, 2.45) is 5.41 Å². The van der Waals surface area contributed by atoms with Gasteiger partial charge in [-0.3, -0.25) is 10.1 Å². The summed E-state index contributed by atoms with van der Waals surface area (Å²) in [5, 5.41) is 19.8. The van der Waals surface area contributed by atoms with Crippen LogP contribution in [-0.2, 0) is 11.2 Å². The molecule has 1 aromatic carbocycles. The van der Waals surface area contributed by atoms with Crippen LogP contribution >= 0.6 is 0 Å². The highest BCUT2D eigenvalue weighted by Crippen LogP contribution is 2.32. The Morgan fingerprint density at radius 1 is 1.58 bits per heavy atom. The summed E-state index contributed by atoms with van der Waals surface area (Å²) in [4.78, 5) is 9.77. The van der Waals surface area contributed by atoms with Gasteiger partial charge in [-0.1, -0.05) is 6.07 Å². The first-order valence-electron chi connectivity index (χ1n) is 5.98. The van der Waals surface area contributed by atoms with Gasteiger partial charge < -0.3 is 4.74 Å². The van der Waals surface area contributed by atoms with Crippen molar-refractivity contribution in [2.75, 3.05) is 13.2 Å². The standard InChI is InChI=1S/C13H13FN2O3/c14-11-6-10(2-3-12(11)16(17)18)7-13(8-15)4-1-5-19-9-13/h2-3,6H,1,4-5,7,9H2. The van der Waals surface area contributed by atoms with Crippen LogP contribution in [0.1, 0.15) is 18.4 Å². The lowest BCUT2D eigenvalue weighted by Crippen LogP contribution is -2.32. The number of ether oxygens (including phenoxy) is 1. The van der Waals surface area contributed by atoms with Crippen LogP contribution in [0.4, 0.5) is 10.1 Å². The predicted molar refractivity (Wildman–Crippen MR) is 64.9 cm³/mol. The van der Waals surface area contributed by atoms with Crippen LogP contribution in [0.5, 0.6) is 0 Å². The molecule has 0 spiro atoms. The summed E-state index contributed by atoms with van der Waals surface area (Å²) in [5.41, 5.74) is -0.620. The molecule has 6 heteroatoms. The van der Waals surface area contributed by atoms with Crippen LogP contribution in [0.3, 0.4) is 0 Å². The van der Waals surface area contributed by atoms with E-state index in [-0.39, 0.29) is 0 Å². The van der Waals surface area contributed by atoms with Gasteiger partial charge in [-0.05, 0) is 30.9 Å². The van der Waals surface area contributed by atoms with Gasteiger partial charge >= 0.3 is 5.69 Å². The molecular weight excluding hydrogens is 251 g/mol. The second kappa shape index (κ2) is 5.33. The van der Waals surface area contributed by atoms with Crippen LogP contribution in [0.15, 0.2) is 18.2 Å². The predicted octanol–water partition coefficient (Wildman–Crippen LogP) is 2.60. The molecule has 1 aromatic rings. The lowest BCUT2D eigenvalue weighted by atomic mass is 9.78. The quantitative estimate of drug-likeness (QED) is 0.621. The van der Waals surface area contributed by atoms with Gasteiger partial charge in [0.2, 0.25) is 5.82 Å². The summed E-state index contributed by atoms with van der Waals surface area (Å²) in [7, 11) is 0. The molecule has 0 saturated carbocycles. The second-order valence-corrected chi connectivity index (χ2v) is 4.77. The Balaban J connectivity index is 2.21. The zero-order chi connectivity index (χ0) is 13.9. The van der Waals surface area contributed by atoms with Gasteiger partial charge in [0.1, 0.15) is 0 Å². The topological polar surface area (TPSA) is 76.2 Å². The summed E-state index contributed by atoms with van der Waals surface area (Å²) in [6.07, 6.45) is 1.84. The van der Waals surface area contributed by atoms with E-state index in [1.54, 1.807) is 0 Å². The molecule has 0 bridgehead atoms. The number of nitro groups is 1. The van der Waals surface area contributed by atoms with Crippen molar-refractivity contribution in [1.29, 1.82) is 5.26 Å². The van der Waals surface area contributed by atoms with Gasteiger partial charge in [0.15, 0.2) is 0 Å². The van der Waals surface area contributed by atoms with E-state index in [4.69, 9.17) is 4.74 Å². The normalized spacial score (nSPS) is 22.7. The van der Waals surface area contributed by atoms with E-state index < -0.39 is 21.8 Å². The number of nitro benzene ring substituents is 1. The Morgan fingerprint density at radius 3 is 2.89 bits per heavy atom. The van der Waals surface area contributed by atoms with Crippen molar-refractivity contribution >= 4 is 5.69 Å². The third kappa shape index (κ3) is 2.88. The van der Waals surface area contributed by atoms with Crippen molar-refractivity contribution in [3.8, 4) is 6.07 Å². The van der Waals surface area contributed by atoms with Crippen LogP contribution < -0.4 is 0 Å². The highest BCUT2D eigenvalue weighted by molar-refractivity contribution is 5.35. The summed E-state index contributed by atoms with van der Waals surface area (Å²) >= 11 is 0. The minimum atomic E-state index is -0.868. The molecule has 0 aromatic heterocycles. The van der Waals surface area contributed by atoms with Crippen LogP contribution in [0.25, 0.3) is 0 Å². The number of rotatable bonds is 3. The van der Waals surface area contributed by atoms with Crippen LogP contribution in [0, 0.1) is 32.7 Å². The molecule has 0 aliphatic carbocycles. The maximum absolute atomic E-state index is 13.5. The van der Waals surface area contributed by atoms with E-state index in [1.807, 2.05) is 0 Å². The van der Waals surface area contributed by atoms with E-state index in [0.29, 0.717) is 31.6 Å². The van der Waals surface area contributed by atoms with E-state index in [2.05, 4.69) is 6.07 Å². The molecule has 1 unspecified atom stereocenters. The van der Waals surface area contributed by atoms with E-state index >= 15 is 0 Å². The minimum absolute atomic E-state index is 0.322. The number of nitriles is 1. The van der Waals surface area contributed by atoms with Crippen molar-refractivity contribution in [2.45, 2.75) is 19.3 Å². The van der Waals surface area contributed by atoms with Crippen LogP contribution in [0.2, 0.25) is 0 Å². The number of benzene rings is 1. The third-order valence-corrected chi connectivity index (χ3v) is 3.31. The molecule has 2 rings (SSSR count). The van der Waals surface area contributed by atoms with Gasteiger partial charge in [0.25, 0.3) is 0 Å². The maximum atomic E-state index is 13.5. The highest BCUT2D eigenvalue weighted by atomic mass is 19.1. The van der Waals surface area contributed by atoms with E-state index in [0.717, 1.165) is 18.6 Å². The molecule has 5 nitrogen and oxygen atoms in total. The molecule has 1 atom stereocenters. The average molecular weight is 264 g/mol. The molecule has 19 heavy (non-hydrogen) atoms. The van der Waals surface area contributed by atoms with Crippen molar-refractivity contribution < 1.29 is 14.1 Å². The molecule has 1 heterocycles. The monoisotopic (exact) mass is 264 g/mol. The maximum Gasteiger partial charge on any atom is 0.304 e. The van der Waals surface area contributed by atoms with Crippen molar-refractivity contribution in [1.82, 2.24) is 0 Å². The Kier molecular flexibility index (Phi) is 3.76. The molecule has 0 N–H and O–H groups in total. The minimum Gasteiger partial charge on any atom is -0.380 e. The lowest BCUT2D eigenvalue weighted by Gasteiger charge is -2.30. The summed E-state index contributed by atoms with van der Waals surface area (Å²) in [6, 6.07) is 6.01. The van der Waals surface area contributed by atoms with Gasteiger partial charge in [-0.2, -0.15) is 9.65 Å². The number of hydrogen-bond donors (Lipinski definition) is 0. The Bertz CT molecular complexity index is 533. The van der Waals surface area contributed by atoms with Gasteiger partial charge in [0.05, 0.1) is 23.0 Å². The molecule has 1 aliphatic heterocycles. The zero-order valence-corrected chi connectivity index (χ0v) is 10.3. The Hall–Kier alpha value is -2.00. The fraction of sp³-hybridized carbons (Fsp3) is 0.462. The smallest absolute Gasteiger partial charge is 0.304 e. The van der Waals surface area contributed by atoms with Gasteiger partial charge in [-0.15, -0.1) is 0 Å². The number of halogens is 1. The fourth-order valence-corrected chi connectivity index (χ4v) is 2.32. The Labute approximate surface area is 109 Å². The van der Waals surface area contributed by atoms with Gasteiger partial charge in [0, 0.05) is 12.7 Å². The molecular formula is C13H13FN2O3. The first kappa shape index (κ1) is 13.4. The van der Waals surface area contributed by atoms with Crippen LogP contribution in [-0.4, -0.2) is 18.1 Å². The Morgan fingerprint density at radius 2 is 2.37 bits per heavy atom. The molecule has 0 radical (unpaired) electrons. The van der Waals surface area contributed by atoms with E-state index in [1.165, 1.54) is 6.07 Å². The second-order valence-electron chi connectivity index (χ2n) is 4.77. The summed E-state index contributed by atoms with van der Waals surface area (Å²) in [5.74, 6) is -0.868. The first-order chi connectivity index (χ1) is 9.06. The summed E-state index contributed by atoms with van der Waals surface area (Å²) in [6.45, 7) is 0.958. The largest absolute Gasteiger partial charge is 0.380 e. The molecule has 100 valence electrons. The number of hydrogen-bond acceptors (Lipinski definition) is 4. The number of nitrogens with zero attached hydrogens (tertiary/aromatic N) is 2. The molecule has 1 fully saturated rings. The molecule has 1 aliphatic rings. The zero-order valence-electron chi connectivity index (χ0n) is 10.3. The highest BCUT2D eigenvalue weighted by Gasteiger charge is 2.33. The first-order valence-corrected chi connectivity index (χ1v) is 5.98. The SMILES string of the molecule is N#CC1(Cc2ccc([N+](=O)[O-])c(F)c2)CCCOC1. The summed E-state index contributed by atoms with van der Waals surface area (Å²) < 4.78 is 18.8. The van der Waals surface area contributed by atoms with E-state index in [9.17, 15) is 19.8 Å². The third-order valence-electron chi connectivity index (χ3n) is 3.31. The van der Waals surface area contributed by atoms with Crippen molar-refractivity contribution in [3.05, 3.63) is 39.7 Å². The fourth-order valence-electron chi connectivity index (χ4n) is 2.32. The lowest BCUT2D eigenvalue weighted by molar-refractivity contribution is -0.387. The van der Waals surface area contributed by atoms with Crippen molar-refractivity contribution in [3.63, 3.8) is 0 Å². The molecule has 1 saturated heterocycles.